The molecule has 1 aliphatic heterocycles. The number of halogens is 2. The summed E-state index contributed by atoms with van der Waals surface area (Å²) in [6, 6.07) is 23.2. The highest BCUT2D eigenvalue weighted by Gasteiger charge is 2.32. The van der Waals surface area contributed by atoms with E-state index in [1.807, 2.05) is 42.5 Å². The quantitative estimate of drug-likeness (QED) is 0.520. The standard InChI is InChI=1S/C22H17Cl2N3O2S2/c23-17-11-9-16(10-12-17)21-20(15-5-2-1-3-6-15)14-27(25-21)22(30)26-31(28,29)19-8-4-7-18(24)13-19/h1-13,20H,14H2,(H,26,30). The number of nitrogens with one attached hydrogen (secondary N) is 1. The minimum absolute atomic E-state index is 0.00938. The van der Waals surface area contributed by atoms with Crippen LogP contribution in [0.25, 0.3) is 0 Å². The van der Waals surface area contributed by atoms with E-state index >= 15 is 0 Å². The van der Waals surface area contributed by atoms with Crippen LogP contribution in [0.15, 0.2) is 88.9 Å². The van der Waals surface area contributed by atoms with Crippen molar-refractivity contribution in [1.82, 2.24) is 9.73 Å². The summed E-state index contributed by atoms with van der Waals surface area (Å²) in [5.74, 6) is -0.0870. The Morgan fingerprint density at radius 2 is 1.68 bits per heavy atom. The van der Waals surface area contributed by atoms with Crippen molar-refractivity contribution in [1.29, 1.82) is 0 Å². The molecule has 0 bridgehead atoms. The van der Waals surface area contributed by atoms with E-state index < -0.39 is 10.0 Å². The summed E-state index contributed by atoms with van der Waals surface area (Å²) in [6.45, 7) is 0.402. The van der Waals surface area contributed by atoms with Gasteiger partial charge in [0.1, 0.15) is 0 Å². The van der Waals surface area contributed by atoms with Gasteiger partial charge < -0.3 is 0 Å². The molecule has 4 rings (SSSR count). The molecule has 0 aliphatic carbocycles. The van der Waals surface area contributed by atoms with E-state index in [0.29, 0.717) is 16.6 Å². The minimum atomic E-state index is -3.89. The highest BCUT2D eigenvalue weighted by molar-refractivity contribution is 7.91. The van der Waals surface area contributed by atoms with Gasteiger partial charge in [0.05, 0.1) is 17.2 Å². The molecule has 0 amide bonds. The van der Waals surface area contributed by atoms with Crippen molar-refractivity contribution >= 4 is 56.3 Å². The summed E-state index contributed by atoms with van der Waals surface area (Å²) < 4.78 is 27.9. The maximum absolute atomic E-state index is 12.7. The molecule has 0 aromatic heterocycles. The summed E-state index contributed by atoms with van der Waals surface area (Å²) in [6.07, 6.45) is 0. The van der Waals surface area contributed by atoms with Crippen LogP contribution in [0, 0.1) is 0 Å². The van der Waals surface area contributed by atoms with Crippen LogP contribution >= 0.6 is 35.4 Å². The van der Waals surface area contributed by atoms with Gasteiger partial charge in [-0.25, -0.2) is 13.4 Å². The highest BCUT2D eigenvalue weighted by atomic mass is 35.5. The zero-order chi connectivity index (χ0) is 22.0. The van der Waals surface area contributed by atoms with Gasteiger partial charge in [0, 0.05) is 16.0 Å². The molecule has 0 spiro atoms. The Morgan fingerprint density at radius 3 is 2.35 bits per heavy atom. The van der Waals surface area contributed by atoms with Crippen LogP contribution < -0.4 is 4.72 Å². The van der Waals surface area contributed by atoms with Gasteiger partial charge in [-0.2, -0.15) is 5.10 Å². The van der Waals surface area contributed by atoms with Crippen molar-refractivity contribution in [2.75, 3.05) is 6.54 Å². The lowest BCUT2D eigenvalue weighted by Gasteiger charge is -2.18. The number of benzene rings is 3. The van der Waals surface area contributed by atoms with Crippen LogP contribution in [0.1, 0.15) is 17.0 Å². The van der Waals surface area contributed by atoms with Crippen molar-refractivity contribution in [3.8, 4) is 0 Å². The largest absolute Gasteiger partial charge is 0.263 e. The van der Waals surface area contributed by atoms with Gasteiger partial charge in [-0.1, -0.05) is 71.7 Å². The molecule has 5 nitrogen and oxygen atoms in total. The fraction of sp³-hybridized carbons (Fsp3) is 0.0909. The zero-order valence-corrected chi connectivity index (χ0v) is 19.2. The molecule has 31 heavy (non-hydrogen) atoms. The topological polar surface area (TPSA) is 61.8 Å². The summed E-state index contributed by atoms with van der Waals surface area (Å²) in [4.78, 5) is 0.0306. The van der Waals surface area contributed by atoms with Crippen LogP contribution in [0.5, 0.6) is 0 Å². The molecule has 3 aromatic carbocycles. The molecular formula is C22H17Cl2N3O2S2. The SMILES string of the molecule is O=S(=O)(NC(=S)N1CC(c2ccccc2)C(c2ccc(Cl)cc2)=N1)c1cccc(Cl)c1. The molecule has 0 saturated carbocycles. The smallest absolute Gasteiger partial charge is 0.254 e. The van der Waals surface area contributed by atoms with Crippen molar-refractivity contribution in [2.45, 2.75) is 10.8 Å². The third-order valence-electron chi connectivity index (χ3n) is 4.82. The number of hydrogen-bond acceptors (Lipinski definition) is 4. The lowest BCUT2D eigenvalue weighted by atomic mass is 9.91. The van der Waals surface area contributed by atoms with Crippen molar-refractivity contribution in [3.63, 3.8) is 0 Å². The van der Waals surface area contributed by atoms with Crippen molar-refractivity contribution in [2.24, 2.45) is 5.10 Å². The average Bonchev–Trinajstić information content (AvgIpc) is 3.20. The van der Waals surface area contributed by atoms with E-state index in [0.717, 1.165) is 16.8 Å². The second kappa shape index (κ2) is 8.96. The predicted octanol–water partition coefficient (Wildman–Crippen LogP) is 5.06. The van der Waals surface area contributed by atoms with E-state index in [4.69, 9.17) is 35.4 Å². The second-order valence-corrected chi connectivity index (χ2v) is 9.85. The number of nitrogens with zero attached hydrogens (tertiary/aromatic N) is 2. The fourth-order valence-electron chi connectivity index (χ4n) is 3.32. The predicted molar refractivity (Wildman–Crippen MR) is 128 cm³/mol. The van der Waals surface area contributed by atoms with E-state index in [9.17, 15) is 8.42 Å². The van der Waals surface area contributed by atoms with Gasteiger partial charge in [-0.05, 0) is 53.7 Å². The maximum atomic E-state index is 12.7. The monoisotopic (exact) mass is 489 g/mol. The van der Waals surface area contributed by atoms with E-state index in [-0.39, 0.29) is 15.9 Å². The van der Waals surface area contributed by atoms with Crippen LogP contribution in [-0.2, 0) is 10.0 Å². The first-order chi connectivity index (χ1) is 14.8. The minimum Gasteiger partial charge on any atom is -0.254 e. The van der Waals surface area contributed by atoms with Gasteiger partial charge in [-0.15, -0.1) is 0 Å². The average molecular weight is 490 g/mol. The molecule has 9 heteroatoms. The Kier molecular flexibility index (Phi) is 6.29. The third-order valence-corrected chi connectivity index (χ3v) is 7.08. The summed E-state index contributed by atoms with van der Waals surface area (Å²) in [7, 11) is -3.89. The highest BCUT2D eigenvalue weighted by Crippen LogP contribution is 2.29. The molecule has 1 N–H and O–H groups in total. The van der Waals surface area contributed by atoms with Crippen LogP contribution in [0.3, 0.4) is 0 Å². The van der Waals surface area contributed by atoms with E-state index in [1.165, 1.54) is 17.1 Å². The summed E-state index contributed by atoms with van der Waals surface area (Å²) >= 11 is 17.4. The summed E-state index contributed by atoms with van der Waals surface area (Å²) in [5.41, 5.74) is 2.73. The number of sulfonamides is 1. The fourth-order valence-corrected chi connectivity index (χ4v) is 5.14. The van der Waals surface area contributed by atoms with E-state index in [1.54, 1.807) is 24.3 Å². The van der Waals surface area contributed by atoms with Gasteiger partial charge in [0.2, 0.25) is 5.11 Å². The molecule has 0 saturated heterocycles. The van der Waals surface area contributed by atoms with Gasteiger partial charge >= 0.3 is 0 Å². The Bertz CT molecular complexity index is 1250. The lowest BCUT2D eigenvalue weighted by Crippen LogP contribution is -2.39. The first-order valence-corrected chi connectivity index (χ1v) is 12.0. The number of thiocarbonyl (C=S) groups is 1. The first-order valence-electron chi connectivity index (χ1n) is 9.33. The van der Waals surface area contributed by atoms with Crippen molar-refractivity contribution < 1.29 is 8.42 Å². The maximum Gasteiger partial charge on any atom is 0.263 e. The Balaban J connectivity index is 1.63. The van der Waals surface area contributed by atoms with Crippen molar-refractivity contribution in [3.05, 3.63) is 100 Å². The second-order valence-electron chi connectivity index (χ2n) is 6.91. The summed E-state index contributed by atoms with van der Waals surface area (Å²) in [5, 5.41) is 7.09. The van der Waals surface area contributed by atoms with Gasteiger partial charge in [0.15, 0.2) is 0 Å². The Morgan fingerprint density at radius 1 is 0.968 bits per heavy atom. The normalized spacial score (nSPS) is 16.1. The Labute approximate surface area is 196 Å². The lowest BCUT2D eigenvalue weighted by molar-refractivity contribution is 0.472. The van der Waals surface area contributed by atoms with Crippen LogP contribution in [0.4, 0.5) is 0 Å². The molecule has 0 fully saturated rings. The molecule has 1 unspecified atom stereocenters. The van der Waals surface area contributed by atoms with Crippen LogP contribution in [0.2, 0.25) is 10.0 Å². The third kappa shape index (κ3) is 4.91. The first kappa shape index (κ1) is 21.8. The molecular weight excluding hydrogens is 473 g/mol. The molecule has 1 heterocycles. The molecule has 3 aromatic rings. The molecule has 1 aliphatic rings. The number of rotatable bonds is 4. The van der Waals surface area contributed by atoms with E-state index in [2.05, 4.69) is 9.82 Å². The number of hydrazone groups is 1. The number of hydrogen-bond donors (Lipinski definition) is 1. The molecule has 1 atom stereocenters. The molecule has 158 valence electrons. The molecule has 0 radical (unpaired) electrons. The van der Waals surface area contributed by atoms with Gasteiger partial charge in [-0.3, -0.25) is 4.72 Å². The van der Waals surface area contributed by atoms with Gasteiger partial charge in [0.25, 0.3) is 10.0 Å². The van der Waals surface area contributed by atoms with Crippen LogP contribution in [-0.4, -0.2) is 30.8 Å². The Hall–Kier alpha value is -2.45. The zero-order valence-electron chi connectivity index (χ0n) is 16.1.